The Labute approximate surface area is 656 Å². The van der Waals surface area contributed by atoms with E-state index in [2.05, 4.69) is 32.9 Å². The molecule has 0 unspecified atom stereocenters. The van der Waals surface area contributed by atoms with Crippen molar-refractivity contribution in [1.82, 2.24) is 29.2 Å². The number of carbonyl (C=O) groups excluding carboxylic acids is 2. The summed E-state index contributed by atoms with van der Waals surface area (Å²) in [6.45, 7) is 12.5. The van der Waals surface area contributed by atoms with E-state index in [0.717, 1.165) is 79.4 Å². The third kappa shape index (κ3) is 18.5. The third-order valence-electron chi connectivity index (χ3n) is 17.5. The van der Waals surface area contributed by atoms with Gasteiger partial charge in [-0.3, -0.25) is 18.7 Å². The van der Waals surface area contributed by atoms with E-state index in [1.807, 2.05) is 20.8 Å². The van der Waals surface area contributed by atoms with Gasteiger partial charge in [0, 0.05) is 87.4 Å². The van der Waals surface area contributed by atoms with Crippen molar-refractivity contribution in [3.63, 3.8) is 0 Å². The van der Waals surface area contributed by atoms with Crippen LogP contribution in [0.25, 0.3) is 55.4 Å². The summed E-state index contributed by atoms with van der Waals surface area (Å²) in [6.07, 6.45) is 1.12. The zero-order valence-corrected chi connectivity index (χ0v) is 65.3. The van der Waals surface area contributed by atoms with Gasteiger partial charge in [-0.15, -0.1) is 0 Å². The van der Waals surface area contributed by atoms with Gasteiger partial charge in [-0.1, -0.05) is 57.2 Å². The van der Waals surface area contributed by atoms with Gasteiger partial charge in [0.1, 0.15) is 87.7 Å². The van der Waals surface area contributed by atoms with E-state index in [-0.39, 0.29) is 120 Å². The molecule has 0 saturated carbocycles. The number of carbonyl (C=O) groups is 2. The molecule has 0 aliphatic carbocycles. The highest BCUT2D eigenvalue weighted by Crippen LogP contribution is 2.39. The number of sulfonamides is 2. The summed E-state index contributed by atoms with van der Waals surface area (Å²) in [6, 6.07) is 38.7. The van der Waals surface area contributed by atoms with Crippen LogP contribution in [0.2, 0.25) is 0 Å². The maximum absolute atomic E-state index is 16.0. The quantitative estimate of drug-likeness (QED) is 0.0475. The number of phenolic OH excluding ortho intramolecular Hbond substituents is 1. The Bertz CT molecular complexity index is 5880. The number of ether oxygens (including phenoxy) is 5. The van der Waals surface area contributed by atoms with E-state index in [0.29, 0.717) is 38.7 Å². The molecular formula is C80H71F6IN8O16S2. The molecule has 4 aromatic heterocycles. The minimum absolute atomic E-state index is 0.0302. The van der Waals surface area contributed by atoms with Crippen LogP contribution in [0, 0.1) is 34.9 Å². The summed E-state index contributed by atoms with van der Waals surface area (Å²) in [5, 5.41) is 19.1. The minimum Gasteiger partial charge on any atom is -0.506 e. The number of benzene rings is 8. The normalized spacial score (nSPS) is 13.2. The summed E-state index contributed by atoms with van der Waals surface area (Å²) in [5.74, 6) is -4.96. The number of methoxy groups -OCH3 is 2. The molecule has 0 radical (unpaired) electrons. The number of fused-ring (bicyclic) bond motifs is 2. The van der Waals surface area contributed by atoms with Crippen LogP contribution in [-0.2, 0) is 42.6 Å². The first-order chi connectivity index (χ1) is 53.5. The molecule has 8 aromatic carbocycles. The van der Waals surface area contributed by atoms with E-state index in [1.165, 1.54) is 104 Å². The summed E-state index contributed by atoms with van der Waals surface area (Å²) < 4.78 is 186. The molecule has 2 fully saturated rings. The lowest BCUT2D eigenvalue weighted by atomic mass is 10.0. The first kappa shape index (κ1) is 80.7. The van der Waals surface area contributed by atoms with Gasteiger partial charge >= 0.3 is 12.2 Å². The first-order valence-electron chi connectivity index (χ1n) is 34.5. The molecule has 2 amide bonds. The van der Waals surface area contributed by atoms with Crippen molar-refractivity contribution in [1.29, 1.82) is 0 Å². The molecule has 0 bridgehead atoms. The molecule has 2 aliphatic rings. The van der Waals surface area contributed by atoms with E-state index in [4.69, 9.17) is 32.7 Å². The van der Waals surface area contributed by atoms with Crippen molar-refractivity contribution >= 4 is 88.3 Å². The zero-order valence-electron chi connectivity index (χ0n) is 61.5. The largest absolute Gasteiger partial charge is 0.506 e. The van der Waals surface area contributed by atoms with Gasteiger partial charge < -0.3 is 47.6 Å². The average Bonchev–Trinajstić information content (AvgIpc) is 1.11. The van der Waals surface area contributed by atoms with Crippen LogP contribution in [0.3, 0.4) is 0 Å². The molecule has 14 rings (SSSR count). The predicted molar refractivity (Wildman–Crippen MR) is 415 cm³/mol. The van der Waals surface area contributed by atoms with Crippen LogP contribution >= 0.6 is 22.6 Å². The molecule has 24 nitrogen and oxygen atoms in total. The number of likely N-dealkylation sites (tertiary alicyclic amines) is 2. The van der Waals surface area contributed by atoms with Crippen molar-refractivity contribution in [3.8, 4) is 56.6 Å². The van der Waals surface area contributed by atoms with Crippen LogP contribution in [0.5, 0.6) is 23.0 Å². The predicted octanol–water partition coefficient (Wildman–Crippen LogP) is 15.7. The number of hydrogen-bond acceptors (Lipinski definition) is 18. The Balaban J connectivity index is 0.000000185. The van der Waals surface area contributed by atoms with Crippen LogP contribution in [0.15, 0.2) is 223 Å². The fourth-order valence-corrected chi connectivity index (χ4v) is 15.8. The number of halogens is 7. The number of anilines is 2. The van der Waals surface area contributed by atoms with E-state index >= 15 is 8.78 Å². The second kappa shape index (κ2) is 32.8. The SMILES string of the molecule is CC(C)(C)OC(=O)N1CC(I)C1.COc1ccc(CN(c2ccon2)S(=O)(=O)c2ccc3c(ccc(=O)n3-c3cc(F)c(-c4cc(F)cc(F)c4)cc3O)c2)cc1.COc1ccc(CN(c2ccon2)S(=O)(=O)c2ccc3c(ccc(=O)n3-c3cc(F)c(-c4cc(F)cc(F)c4)cc3OC3CN(C(=O)OC(C)(C)C)C3)c2)cc1. The number of rotatable bonds is 18. The number of nitrogens with zero attached hydrogens (tertiary/aromatic N) is 8. The van der Waals surface area contributed by atoms with Crippen LogP contribution in [-0.4, -0.2) is 125 Å². The average molecular weight is 1710 g/mol. The molecular weight excluding hydrogens is 1630 g/mol. The van der Waals surface area contributed by atoms with Gasteiger partial charge in [0.25, 0.3) is 31.2 Å². The van der Waals surface area contributed by atoms with Crippen molar-refractivity contribution < 1.29 is 90.6 Å². The molecule has 2 aliphatic heterocycles. The Morgan fingerprint density at radius 3 is 1.30 bits per heavy atom. The number of aromatic nitrogens is 4. The Hall–Kier alpha value is -11.9. The Kier molecular flexibility index (Phi) is 23.4. The molecule has 33 heteroatoms. The monoisotopic (exact) mass is 1700 g/mol. The molecule has 588 valence electrons. The van der Waals surface area contributed by atoms with Crippen molar-refractivity contribution in [3.05, 3.63) is 261 Å². The van der Waals surface area contributed by atoms with Gasteiger partial charge in [-0.2, -0.15) is 0 Å². The lowest BCUT2D eigenvalue weighted by Gasteiger charge is -2.39. The molecule has 6 heterocycles. The fraction of sp³-hybridized carbons (Fsp3) is 0.225. The number of aromatic hydroxyl groups is 1. The molecule has 0 atom stereocenters. The smallest absolute Gasteiger partial charge is 0.410 e. The maximum Gasteiger partial charge on any atom is 0.410 e. The highest BCUT2D eigenvalue weighted by atomic mass is 127. The van der Waals surface area contributed by atoms with E-state index in [9.17, 15) is 58.7 Å². The molecule has 1 N–H and O–H groups in total. The highest BCUT2D eigenvalue weighted by molar-refractivity contribution is 14.1. The zero-order chi connectivity index (χ0) is 81.2. The van der Waals surface area contributed by atoms with Crippen molar-refractivity contribution in [2.75, 3.05) is 49.0 Å². The van der Waals surface area contributed by atoms with Gasteiger partial charge in [0.2, 0.25) is 0 Å². The topological polar surface area (TPSA) is 278 Å². The summed E-state index contributed by atoms with van der Waals surface area (Å²) in [7, 11) is -5.53. The van der Waals surface area contributed by atoms with Gasteiger partial charge in [0.05, 0.1) is 72.6 Å². The lowest BCUT2D eigenvalue weighted by Crippen LogP contribution is -2.57. The Morgan fingerprint density at radius 2 is 0.912 bits per heavy atom. The fourth-order valence-electron chi connectivity index (χ4n) is 12.0. The number of alkyl halides is 1. The molecule has 0 spiro atoms. The number of pyridine rings is 2. The van der Waals surface area contributed by atoms with Crippen molar-refractivity contribution in [2.24, 2.45) is 0 Å². The second-order valence-corrected chi connectivity index (χ2v) is 33.4. The maximum atomic E-state index is 16.0. The lowest BCUT2D eigenvalue weighted by molar-refractivity contribution is -0.0221. The number of hydrogen-bond donors (Lipinski definition) is 1. The van der Waals surface area contributed by atoms with Crippen LogP contribution in [0.1, 0.15) is 52.7 Å². The standard InChI is InChI=1S/C40H35F3N4O8S.C32H22F3N3O6S.C8H14INO2/c1-40(2,3)55-39(49)45-22-30(23-45)54-36-19-32(26-15-27(41)18-28(42)16-26)33(43)20-35(36)47-34-11-10-31(17-25(34)7-12-38(47)48)56(50,51)46(37-13-14-53-44-37)21-24-5-8-29(52-4)9-6-24;1-43-24-5-2-19(3-6-24)18-37(31-10-11-44-36-31)45(41,42)25-7-8-28-20(14-25)4-9-32(40)38(28)29-17-27(35)26(16-30(29)39)21-12-22(33)15-23(34)13-21;1-8(2,3)12-7(11)10-4-6(9)5-10/h5-20,30H,21-23H2,1-4H3;2-17,39H,18H2,1H3;6H,4-5H2,1-3H3. The first-order valence-corrected chi connectivity index (χ1v) is 38.7. The second-order valence-electron chi connectivity index (χ2n) is 27.9. The third-order valence-corrected chi connectivity index (χ3v) is 21.7. The van der Waals surface area contributed by atoms with E-state index < -0.39 is 89.6 Å². The van der Waals surface area contributed by atoms with Gasteiger partial charge in [0.15, 0.2) is 11.6 Å². The summed E-state index contributed by atoms with van der Waals surface area (Å²) >= 11 is 2.33. The molecule has 12 aromatic rings. The summed E-state index contributed by atoms with van der Waals surface area (Å²) in [5.41, 5.74) is -1.86. The Morgan fingerprint density at radius 1 is 0.513 bits per heavy atom. The molecule has 2 saturated heterocycles. The van der Waals surface area contributed by atoms with Crippen LogP contribution in [0.4, 0.5) is 47.6 Å². The summed E-state index contributed by atoms with van der Waals surface area (Å²) in [4.78, 5) is 53.4. The molecule has 113 heavy (non-hydrogen) atoms. The number of phenols is 1. The van der Waals surface area contributed by atoms with E-state index in [1.54, 1.807) is 74.2 Å². The van der Waals surface area contributed by atoms with Gasteiger partial charge in [-0.05, 0) is 173 Å². The van der Waals surface area contributed by atoms with Crippen molar-refractivity contribution in [2.45, 2.75) is 85.7 Å². The van der Waals surface area contributed by atoms with Gasteiger partial charge in [-0.25, -0.2) is 61.4 Å². The minimum atomic E-state index is -4.31. The number of amides is 2. The highest BCUT2D eigenvalue weighted by Gasteiger charge is 2.38. The van der Waals surface area contributed by atoms with Crippen LogP contribution < -0.4 is 33.9 Å².